The van der Waals surface area contributed by atoms with E-state index in [1.54, 1.807) is 7.11 Å². The number of benzene rings is 1. The van der Waals surface area contributed by atoms with Gasteiger partial charge in [0.25, 0.3) is 0 Å². The van der Waals surface area contributed by atoms with E-state index < -0.39 is 0 Å². The SMILES string of the molecule is COCCN1CCCN(C(=O)CCC=Cc2ccccc2)CC1. The molecule has 23 heavy (non-hydrogen) atoms. The van der Waals surface area contributed by atoms with Gasteiger partial charge in [-0.3, -0.25) is 9.69 Å². The molecule has 4 nitrogen and oxygen atoms in total. The van der Waals surface area contributed by atoms with Gasteiger partial charge in [0, 0.05) is 39.7 Å². The average Bonchev–Trinajstić information content (AvgIpc) is 2.83. The van der Waals surface area contributed by atoms with Crippen molar-refractivity contribution in [2.75, 3.05) is 46.4 Å². The maximum Gasteiger partial charge on any atom is 0.222 e. The van der Waals surface area contributed by atoms with Crippen LogP contribution in [0.4, 0.5) is 0 Å². The Labute approximate surface area is 139 Å². The highest BCUT2D eigenvalue weighted by atomic mass is 16.5. The summed E-state index contributed by atoms with van der Waals surface area (Å²) in [4.78, 5) is 16.7. The molecule has 1 fully saturated rings. The summed E-state index contributed by atoms with van der Waals surface area (Å²) in [6.07, 6.45) is 6.63. The summed E-state index contributed by atoms with van der Waals surface area (Å²) in [5.41, 5.74) is 1.18. The highest BCUT2D eigenvalue weighted by molar-refractivity contribution is 5.76. The van der Waals surface area contributed by atoms with Crippen LogP contribution in [-0.2, 0) is 9.53 Å². The van der Waals surface area contributed by atoms with Crippen LogP contribution in [0.3, 0.4) is 0 Å². The van der Waals surface area contributed by atoms with Gasteiger partial charge in [0.2, 0.25) is 5.91 Å². The van der Waals surface area contributed by atoms with E-state index in [1.165, 1.54) is 5.56 Å². The summed E-state index contributed by atoms with van der Waals surface area (Å²) in [5, 5.41) is 0. The van der Waals surface area contributed by atoms with Crippen molar-refractivity contribution in [3.63, 3.8) is 0 Å². The van der Waals surface area contributed by atoms with Gasteiger partial charge in [0.05, 0.1) is 6.61 Å². The lowest BCUT2D eigenvalue weighted by molar-refractivity contribution is -0.131. The fourth-order valence-electron chi connectivity index (χ4n) is 2.81. The van der Waals surface area contributed by atoms with Crippen molar-refractivity contribution < 1.29 is 9.53 Å². The van der Waals surface area contributed by atoms with E-state index in [0.29, 0.717) is 6.42 Å². The normalized spacial score (nSPS) is 16.7. The smallest absolute Gasteiger partial charge is 0.222 e. The first kappa shape index (κ1) is 17.7. The Hall–Kier alpha value is -1.65. The van der Waals surface area contributed by atoms with Crippen LogP contribution >= 0.6 is 0 Å². The third-order valence-electron chi connectivity index (χ3n) is 4.19. The molecule has 1 saturated heterocycles. The number of hydrogen-bond acceptors (Lipinski definition) is 3. The number of rotatable bonds is 7. The Morgan fingerprint density at radius 1 is 1.17 bits per heavy atom. The van der Waals surface area contributed by atoms with Crippen molar-refractivity contribution in [2.24, 2.45) is 0 Å². The zero-order chi connectivity index (χ0) is 16.3. The van der Waals surface area contributed by atoms with E-state index in [2.05, 4.69) is 29.2 Å². The van der Waals surface area contributed by atoms with Crippen LogP contribution < -0.4 is 0 Å². The van der Waals surface area contributed by atoms with E-state index >= 15 is 0 Å². The molecule has 0 atom stereocenters. The molecule has 126 valence electrons. The van der Waals surface area contributed by atoms with Gasteiger partial charge in [0.15, 0.2) is 0 Å². The number of hydrogen-bond donors (Lipinski definition) is 0. The summed E-state index contributed by atoms with van der Waals surface area (Å²) < 4.78 is 5.13. The number of nitrogens with zero attached hydrogens (tertiary/aromatic N) is 2. The Morgan fingerprint density at radius 3 is 2.78 bits per heavy atom. The van der Waals surface area contributed by atoms with Gasteiger partial charge in [-0.2, -0.15) is 0 Å². The van der Waals surface area contributed by atoms with Gasteiger partial charge in [-0.05, 0) is 24.9 Å². The van der Waals surface area contributed by atoms with Gasteiger partial charge < -0.3 is 9.64 Å². The third kappa shape index (κ3) is 6.55. The minimum absolute atomic E-state index is 0.274. The fraction of sp³-hybridized carbons (Fsp3) is 0.526. The summed E-state index contributed by atoms with van der Waals surface area (Å²) in [7, 11) is 1.73. The topological polar surface area (TPSA) is 32.8 Å². The number of methoxy groups -OCH3 is 1. The molecule has 2 rings (SSSR count). The maximum absolute atomic E-state index is 12.3. The van der Waals surface area contributed by atoms with Crippen molar-refractivity contribution in [1.29, 1.82) is 0 Å². The number of amides is 1. The van der Waals surface area contributed by atoms with Gasteiger partial charge in [0.1, 0.15) is 0 Å². The minimum Gasteiger partial charge on any atom is -0.383 e. The molecule has 1 aliphatic rings. The maximum atomic E-state index is 12.3. The highest BCUT2D eigenvalue weighted by Gasteiger charge is 2.18. The summed E-state index contributed by atoms with van der Waals surface area (Å²) in [5.74, 6) is 0.274. The van der Waals surface area contributed by atoms with E-state index in [0.717, 1.165) is 52.2 Å². The molecule has 1 aliphatic heterocycles. The van der Waals surface area contributed by atoms with Crippen molar-refractivity contribution >= 4 is 12.0 Å². The number of allylic oxidation sites excluding steroid dienone is 1. The van der Waals surface area contributed by atoms with Crippen LogP contribution in [0.15, 0.2) is 36.4 Å². The van der Waals surface area contributed by atoms with E-state index in [-0.39, 0.29) is 5.91 Å². The standard InChI is InChI=1S/C19H28N2O2/c1-23-17-16-20-12-7-13-21(15-14-20)19(22)11-6-5-10-18-8-3-2-4-9-18/h2-5,8-10H,6-7,11-17H2,1H3. The lowest BCUT2D eigenvalue weighted by atomic mass is 10.2. The molecule has 0 saturated carbocycles. The van der Waals surface area contributed by atoms with Gasteiger partial charge in [-0.15, -0.1) is 0 Å². The second-order valence-corrected chi connectivity index (χ2v) is 5.92. The van der Waals surface area contributed by atoms with Gasteiger partial charge in [-0.25, -0.2) is 0 Å². The molecule has 1 aromatic rings. The first-order chi connectivity index (χ1) is 11.3. The zero-order valence-corrected chi connectivity index (χ0v) is 14.1. The van der Waals surface area contributed by atoms with Crippen molar-refractivity contribution in [1.82, 2.24) is 9.80 Å². The van der Waals surface area contributed by atoms with Crippen molar-refractivity contribution in [3.8, 4) is 0 Å². The van der Waals surface area contributed by atoms with Crippen LogP contribution in [0, 0.1) is 0 Å². The molecular formula is C19H28N2O2. The second kappa shape index (κ2) is 10.2. The van der Waals surface area contributed by atoms with Crippen molar-refractivity contribution in [2.45, 2.75) is 19.3 Å². The monoisotopic (exact) mass is 316 g/mol. The molecule has 1 aromatic carbocycles. The summed E-state index contributed by atoms with van der Waals surface area (Å²) >= 11 is 0. The van der Waals surface area contributed by atoms with Gasteiger partial charge in [-0.1, -0.05) is 42.5 Å². The number of carbonyl (C=O) groups is 1. The van der Waals surface area contributed by atoms with Crippen LogP contribution in [0.2, 0.25) is 0 Å². The van der Waals surface area contributed by atoms with E-state index in [9.17, 15) is 4.79 Å². The lowest BCUT2D eigenvalue weighted by Crippen LogP contribution is -2.35. The molecule has 0 aliphatic carbocycles. The summed E-state index contributed by atoms with van der Waals surface area (Å²) in [6, 6.07) is 10.2. The first-order valence-electron chi connectivity index (χ1n) is 8.50. The predicted octanol–water partition coefficient (Wildman–Crippen LogP) is 2.66. The third-order valence-corrected chi connectivity index (χ3v) is 4.19. The Balaban J connectivity index is 1.70. The van der Waals surface area contributed by atoms with Crippen LogP contribution in [0.25, 0.3) is 6.08 Å². The molecule has 1 amide bonds. The average molecular weight is 316 g/mol. The van der Waals surface area contributed by atoms with Gasteiger partial charge >= 0.3 is 0 Å². The largest absolute Gasteiger partial charge is 0.383 e. The molecule has 1 heterocycles. The minimum atomic E-state index is 0.274. The number of carbonyl (C=O) groups excluding carboxylic acids is 1. The quantitative estimate of drug-likeness (QED) is 0.775. The van der Waals surface area contributed by atoms with Crippen LogP contribution in [-0.4, -0.2) is 62.1 Å². The molecular weight excluding hydrogens is 288 g/mol. The highest BCUT2D eigenvalue weighted by Crippen LogP contribution is 2.08. The summed E-state index contributed by atoms with van der Waals surface area (Å²) in [6.45, 7) is 5.45. The molecule has 0 N–H and O–H groups in total. The molecule has 4 heteroatoms. The van der Waals surface area contributed by atoms with Crippen LogP contribution in [0.5, 0.6) is 0 Å². The Bertz CT molecular complexity index is 487. The lowest BCUT2D eigenvalue weighted by Gasteiger charge is -2.21. The molecule has 0 radical (unpaired) electrons. The fourth-order valence-corrected chi connectivity index (χ4v) is 2.81. The molecule has 0 unspecified atom stereocenters. The van der Waals surface area contributed by atoms with Crippen LogP contribution in [0.1, 0.15) is 24.8 Å². The van der Waals surface area contributed by atoms with E-state index in [4.69, 9.17) is 4.74 Å². The van der Waals surface area contributed by atoms with Crippen molar-refractivity contribution in [3.05, 3.63) is 42.0 Å². The Kier molecular flexibility index (Phi) is 7.84. The molecule has 0 spiro atoms. The molecule has 0 aromatic heterocycles. The second-order valence-electron chi connectivity index (χ2n) is 5.92. The zero-order valence-electron chi connectivity index (χ0n) is 14.1. The van der Waals surface area contributed by atoms with E-state index in [1.807, 2.05) is 23.1 Å². The predicted molar refractivity (Wildman–Crippen MR) is 94.2 cm³/mol. The molecule has 0 bridgehead atoms. The number of ether oxygens (including phenoxy) is 1. The Morgan fingerprint density at radius 2 is 2.00 bits per heavy atom. The first-order valence-corrected chi connectivity index (χ1v) is 8.50.